The van der Waals surface area contributed by atoms with Gasteiger partial charge in [0.1, 0.15) is 5.41 Å². The van der Waals surface area contributed by atoms with Crippen LogP contribution >= 0.6 is 0 Å². The third kappa shape index (κ3) is 3.60. The fourth-order valence-corrected chi connectivity index (χ4v) is 2.48. The Balaban J connectivity index is 3.02. The Morgan fingerprint density at radius 3 is 2.35 bits per heavy atom. The van der Waals surface area contributed by atoms with Crippen LogP contribution in [-0.2, 0) is 4.79 Å². The van der Waals surface area contributed by atoms with E-state index in [0.717, 1.165) is 29.7 Å². The highest BCUT2D eigenvalue weighted by Gasteiger charge is 2.37. The zero-order valence-corrected chi connectivity index (χ0v) is 12.9. The standard InChI is InChI=1S/C17H24N2O/c1-5-9-17(12-18,10-6-2)16(20)19-15-11-13(3)7-8-14(15)4/h7-8,11H,5-6,9-10H2,1-4H3,(H,19,20). The molecule has 0 fully saturated rings. The van der Waals surface area contributed by atoms with Crippen LogP contribution in [-0.4, -0.2) is 5.91 Å². The molecule has 0 atom stereocenters. The van der Waals surface area contributed by atoms with Crippen LogP contribution in [0, 0.1) is 30.6 Å². The Morgan fingerprint density at radius 2 is 1.85 bits per heavy atom. The van der Waals surface area contributed by atoms with Crippen molar-refractivity contribution in [2.75, 3.05) is 5.32 Å². The molecule has 0 heterocycles. The third-order valence-corrected chi connectivity index (χ3v) is 3.64. The summed E-state index contributed by atoms with van der Waals surface area (Å²) in [6.45, 7) is 7.97. The predicted molar refractivity (Wildman–Crippen MR) is 82.4 cm³/mol. The van der Waals surface area contributed by atoms with Crippen LogP contribution in [0.5, 0.6) is 0 Å². The first-order chi connectivity index (χ1) is 9.49. The zero-order valence-electron chi connectivity index (χ0n) is 12.9. The molecule has 0 spiro atoms. The molecule has 0 aliphatic rings. The van der Waals surface area contributed by atoms with Gasteiger partial charge in [0.05, 0.1) is 6.07 Å². The molecule has 3 heteroatoms. The van der Waals surface area contributed by atoms with E-state index in [0.29, 0.717) is 12.8 Å². The second-order valence-electron chi connectivity index (χ2n) is 5.47. The first-order valence-electron chi connectivity index (χ1n) is 7.29. The van der Waals surface area contributed by atoms with Gasteiger partial charge in [-0.1, -0.05) is 38.8 Å². The van der Waals surface area contributed by atoms with Gasteiger partial charge in [-0.3, -0.25) is 4.79 Å². The van der Waals surface area contributed by atoms with Crippen LogP contribution in [0.2, 0.25) is 0 Å². The van der Waals surface area contributed by atoms with Gasteiger partial charge in [0.25, 0.3) is 0 Å². The molecule has 1 amide bonds. The Morgan fingerprint density at radius 1 is 1.25 bits per heavy atom. The minimum atomic E-state index is -0.903. The maximum Gasteiger partial charge on any atom is 0.244 e. The highest BCUT2D eigenvalue weighted by molar-refractivity contribution is 5.97. The molecule has 1 rings (SSSR count). The summed E-state index contributed by atoms with van der Waals surface area (Å²) >= 11 is 0. The largest absolute Gasteiger partial charge is 0.324 e. The lowest BCUT2D eigenvalue weighted by atomic mass is 9.79. The lowest BCUT2D eigenvalue weighted by Crippen LogP contribution is -2.35. The highest BCUT2D eigenvalue weighted by atomic mass is 16.2. The third-order valence-electron chi connectivity index (χ3n) is 3.64. The fourth-order valence-electron chi connectivity index (χ4n) is 2.48. The molecule has 0 aromatic heterocycles. The molecule has 3 nitrogen and oxygen atoms in total. The summed E-state index contributed by atoms with van der Waals surface area (Å²) in [7, 11) is 0. The Labute approximate surface area is 122 Å². The predicted octanol–water partition coefficient (Wildman–Crippen LogP) is 4.35. The first-order valence-corrected chi connectivity index (χ1v) is 7.29. The molecule has 1 N–H and O–H groups in total. The van der Waals surface area contributed by atoms with Gasteiger partial charge in [-0.15, -0.1) is 0 Å². The summed E-state index contributed by atoms with van der Waals surface area (Å²) in [5.41, 5.74) is 2.02. The molecule has 20 heavy (non-hydrogen) atoms. The van der Waals surface area contributed by atoms with Crippen molar-refractivity contribution in [2.45, 2.75) is 53.4 Å². The lowest BCUT2D eigenvalue weighted by Gasteiger charge is -2.25. The van der Waals surface area contributed by atoms with E-state index >= 15 is 0 Å². The topological polar surface area (TPSA) is 52.9 Å². The summed E-state index contributed by atoms with van der Waals surface area (Å²) in [6, 6.07) is 8.21. The fraction of sp³-hybridized carbons (Fsp3) is 0.529. The molecular weight excluding hydrogens is 248 g/mol. The van der Waals surface area contributed by atoms with E-state index in [-0.39, 0.29) is 5.91 Å². The number of hydrogen-bond donors (Lipinski definition) is 1. The second kappa shape index (κ2) is 7.09. The van der Waals surface area contributed by atoms with Crippen molar-refractivity contribution in [3.8, 4) is 6.07 Å². The van der Waals surface area contributed by atoms with Gasteiger partial charge < -0.3 is 5.32 Å². The Bertz CT molecular complexity index is 508. The van der Waals surface area contributed by atoms with Gasteiger partial charge in [-0.25, -0.2) is 0 Å². The van der Waals surface area contributed by atoms with Crippen molar-refractivity contribution < 1.29 is 4.79 Å². The van der Waals surface area contributed by atoms with Crippen LogP contribution in [0.25, 0.3) is 0 Å². The van der Waals surface area contributed by atoms with Crippen molar-refractivity contribution in [3.05, 3.63) is 29.3 Å². The summed E-state index contributed by atoms with van der Waals surface area (Å²) in [6.07, 6.45) is 2.86. The zero-order chi connectivity index (χ0) is 15.2. The van der Waals surface area contributed by atoms with Crippen LogP contribution in [0.4, 0.5) is 5.69 Å². The number of nitrogens with zero attached hydrogens (tertiary/aromatic N) is 1. The molecule has 0 bridgehead atoms. The minimum Gasteiger partial charge on any atom is -0.324 e. The maximum atomic E-state index is 12.6. The molecule has 1 aromatic rings. The SMILES string of the molecule is CCCC(C#N)(CCC)C(=O)Nc1cc(C)ccc1C. The van der Waals surface area contributed by atoms with Gasteiger partial charge in [-0.2, -0.15) is 5.26 Å². The van der Waals surface area contributed by atoms with Crippen LogP contribution in [0.3, 0.4) is 0 Å². The van der Waals surface area contributed by atoms with E-state index in [4.69, 9.17) is 0 Å². The average Bonchev–Trinajstić information content (AvgIpc) is 2.42. The summed E-state index contributed by atoms with van der Waals surface area (Å²) in [4.78, 5) is 12.6. The van der Waals surface area contributed by atoms with Gasteiger partial charge in [-0.05, 0) is 43.9 Å². The number of aryl methyl sites for hydroxylation is 2. The highest BCUT2D eigenvalue weighted by Crippen LogP contribution is 2.31. The van der Waals surface area contributed by atoms with Crippen LogP contribution < -0.4 is 5.32 Å². The number of carbonyl (C=O) groups is 1. The number of amides is 1. The summed E-state index contributed by atoms with van der Waals surface area (Å²) < 4.78 is 0. The average molecular weight is 272 g/mol. The van der Waals surface area contributed by atoms with Crippen LogP contribution in [0.15, 0.2) is 18.2 Å². The van der Waals surface area contributed by atoms with Crippen molar-refractivity contribution in [1.82, 2.24) is 0 Å². The first kappa shape index (κ1) is 16.2. The smallest absolute Gasteiger partial charge is 0.244 e. The number of nitriles is 1. The Hall–Kier alpha value is -1.82. The number of rotatable bonds is 6. The normalized spacial score (nSPS) is 10.9. The molecule has 0 unspecified atom stereocenters. The van der Waals surface area contributed by atoms with Gasteiger partial charge >= 0.3 is 0 Å². The Kier molecular flexibility index (Phi) is 5.76. The van der Waals surface area contributed by atoms with Gasteiger partial charge in [0, 0.05) is 5.69 Å². The van der Waals surface area contributed by atoms with Crippen molar-refractivity contribution >= 4 is 11.6 Å². The van der Waals surface area contributed by atoms with E-state index in [9.17, 15) is 10.1 Å². The molecule has 1 aromatic carbocycles. The van der Waals surface area contributed by atoms with Gasteiger partial charge in [0.15, 0.2) is 0 Å². The number of anilines is 1. The van der Waals surface area contributed by atoms with Gasteiger partial charge in [0.2, 0.25) is 5.91 Å². The molecule has 108 valence electrons. The quantitative estimate of drug-likeness (QED) is 0.836. The monoisotopic (exact) mass is 272 g/mol. The minimum absolute atomic E-state index is 0.169. The lowest BCUT2D eigenvalue weighted by molar-refractivity contribution is -0.123. The van der Waals surface area contributed by atoms with E-state index in [1.54, 1.807) is 0 Å². The van der Waals surface area contributed by atoms with E-state index in [1.165, 1.54) is 0 Å². The molecule has 0 radical (unpaired) electrons. The maximum absolute atomic E-state index is 12.6. The number of benzene rings is 1. The van der Waals surface area contributed by atoms with Crippen LogP contribution in [0.1, 0.15) is 50.7 Å². The van der Waals surface area contributed by atoms with Crippen molar-refractivity contribution in [2.24, 2.45) is 5.41 Å². The van der Waals surface area contributed by atoms with Crippen molar-refractivity contribution in [1.29, 1.82) is 5.26 Å². The molecule has 0 saturated carbocycles. The van der Waals surface area contributed by atoms with E-state index in [2.05, 4.69) is 11.4 Å². The number of hydrogen-bond acceptors (Lipinski definition) is 2. The second-order valence-corrected chi connectivity index (χ2v) is 5.47. The molecule has 0 aliphatic heterocycles. The molecular formula is C17H24N2O. The van der Waals surface area contributed by atoms with Crippen molar-refractivity contribution in [3.63, 3.8) is 0 Å². The summed E-state index contributed by atoms with van der Waals surface area (Å²) in [5, 5.41) is 12.5. The summed E-state index contributed by atoms with van der Waals surface area (Å²) in [5.74, 6) is -0.169. The van der Waals surface area contributed by atoms with E-state index < -0.39 is 5.41 Å². The molecule has 0 saturated heterocycles. The van der Waals surface area contributed by atoms with E-state index in [1.807, 2.05) is 45.9 Å². The number of carbonyl (C=O) groups excluding carboxylic acids is 1. The molecule has 0 aliphatic carbocycles. The number of nitrogens with one attached hydrogen (secondary N) is 1.